The second kappa shape index (κ2) is 5.14. The number of halogens is 1. The number of carbonyl (C=O) groups excluding carboxylic acids is 1. The van der Waals surface area contributed by atoms with Gasteiger partial charge < -0.3 is 14.7 Å². The molecule has 0 bridgehead atoms. The number of rotatable bonds is 4. The molecule has 0 aliphatic carbocycles. The highest BCUT2D eigenvalue weighted by Gasteiger charge is 2.43. The summed E-state index contributed by atoms with van der Waals surface area (Å²) in [6.45, 7) is 2.10. The standard InChI is InChI=1S/C12H13ClN2O4/c1-12(19-5-10(16)17)6-15(7-12)11(18)8-2-3-14-4-9(8)13/h2-4H,5-7H2,1H3,(H,16,17). The van der Waals surface area contributed by atoms with Crippen molar-refractivity contribution >= 4 is 23.5 Å². The fourth-order valence-electron chi connectivity index (χ4n) is 1.95. The van der Waals surface area contributed by atoms with E-state index >= 15 is 0 Å². The zero-order valence-electron chi connectivity index (χ0n) is 10.3. The van der Waals surface area contributed by atoms with Gasteiger partial charge in [-0.3, -0.25) is 9.78 Å². The van der Waals surface area contributed by atoms with Gasteiger partial charge in [0.1, 0.15) is 12.2 Å². The molecule has 0 spiro atoms. The van der Waals surface area contributed by atoms with E-state index in [1.807, 2.05) is 0 Å². The van der Waals surface area contributed by atoms with Gasteiger partial charge in [0.2, 0.25) is 0 Å². The lowest BCUT2D eigenvalue weighted by Gasteiger charge is -2.47. The molecule has 102 valence electrons. The Balaban J connectivity index is 1.95. The van der Waals surface area contributed by atoms with Crippen molar-refractivity contribution in [3.8, 4) is 0 Å². The highest BCUT2D eigenvalue weighted by Crippen LogP contribution is 2.27. The Hall–Kier alpha value is -1.66. The van der Waals surface area contributed by atoms with Crippen LogP contribution in [0, 0.1) is 0 Å². The third-order valence-corrected chi connectivity index (χ3v) is 3.19. The number of amides is 1. The van der Waals surface area contributed by atoms with Crippen molar-refractivity contribution in [1.29, 1.82) is 0 Å². The number of carboxylic acid groups (broad SMARTS) is 1. The third kappa shape index (κ3) is 3.02. The Bertz CT molecular complexity index is 514. The minimum absolute atomic E-state index is 0.205. The Morgan fingerprint density at radius 1 is 1.58 bits per heavy atom. The lowest BCUT2D eigenvalue weighted by atomic mass is 9.95. The molecule has 7 heteroatoms. The van der Waals surface area contributed by atoms with Gasteiger partial charge in [0.05, 0.1) is 23.7 Å². The maximum Gasteiger partial charge on any atom is 0.329 e. The predicted octanol–water partition coefficient (Wildman–Crippen LogP) is 1.05. The van der Waals surface area contributed by atoms with Crippen molar-refractivity contribution in [1.82, 2.24) is 9.88 Å². The van der Waals surface area contributed by atoms with Crippen LogP contribution in [0.3, 0.4) is 0 Å². The molecule has 1 aromatic heterocycles. The van der Waals surface area contributed by atoms with Crippen LogP contribution in [0.2, 0.25) is 5.02 Å². The third-order valence-electron chi connectivity index (χ3n) is 2.88. The van der Waals surface area contributed by atoms with Crippen LogP contribution < -0.4 is 0 Å². The molecule has 2 heterocycles. The molecular formula is C12H13ClN2O4. The second-order valence-corrected chi connectivity index (χ2v) is 5.06. The van der Waals surface area contributed by atoms with Crippen LogP contribution in [0.5, 0.6) is 0 Å². The van der Waals surface area contributed by atoms with Gasteiger partial charge in [-0.25, -0.2) is 4.79 Å². The summed E-state index contributed by atoms with van der Waals surface area (Å²) < 4.78 is 5.23. The van der Waals surface area contributed by atoms with Gasteiger partial charge in [-0.05, 0) is 13.0 Å². The van der Waals surface area contributed by atoms with Gasteiger partial charge in [0.25, 0.3) is 5.91 Å². The number of hydrogen-bond donors (Lipinski definition) is 1. The van der Waals surface area contributed by atoms with Crippen molar-refractivity contribution in [3.63, 3.8) is 0 Å². The Kier molecular flexibility index (Phi) is 3.73. The van der Waals surface area contributed by atoms with Gasteiger partial charge in [0.15, 0.2) is 0 Å². The number of carbonyl (C=O) groups is 2. The number of nitrogens with zero attached hydrogens (tertiary/aromatic N) is 2. The first kappa shape index (κ1) is 13.8. The number of hydrogen-bond acceptors (Lipinski definition) is 4. The lowest BCUT2D eigenvalue weighted by molar-refractivity contribution is -0.159. The molecule has 1 aliphatic rings. The average molecular weight is 285 g/mol. The zero-order chi connectivity index (χ0) is 14.0. The topological polar surface area (TPSA) is 79.7 Å². The van der Waals surface area contributed by atoms with Gasteiger partial charge in [-0.1, -0.05) is 11.6 Å². The fraction of sp³-hybridized carbons (Fsp3) is 0.417. The molecule has 6 nitrogen and oxygen atoms in total. The van der Waals surface area contributed by atoms with Crippen LogP contribution in [0.4, 0.5) is 0 Å². The molecule has 1 amide bonds. The molecule has 2 rings (SSSR count). The molecule has 1 aliphatic heterocycles. The number of aliphatic carboxylic acids is 1. The van der Waals surface area contributed by atoms with Crippen molar-refractivity contribution in [2.45, 2.75) is 12.5 Å². The molecule has 0 saturated carbocycles. The van der Waals surface area contributed by atoms with Crippen molar-refractivity contribution in [2.24, 2.45) is 0 Å². The Morgan fingerprint density at radius 3 is 2.84 bits per heavy atom. The number of aromatic nitrogens is 1. The second-order valence-electron chi connectivity index (χ2n) is 4.65. The van der Waals surface area contributed by atoms with Crippen LogP contribution in [0.25, 0.3) is 0 Å². The van der Waals surface area contributed by atoms with E-state index in [-0.39, 0.29) is 12.5 Å². The minimum Gasteiger partial charge on any atom is -0.480 e. The summed E-state index contributed by atoms with van der Waals surface area (Å²) in [6, 6.07) is 1.55. The van der Waals surface area contributed by atoms with Gasteiger partial charge in [-0.15, -0.1) is 0 Å². The summed E-state index contributed by atoms with van der Waals surface area (Å²) in [5.74, 6) is -1.23. The van der Waals surface area contributed by atoms with Gasteiger partial charge in [-0.2, -0.15) is 0 Å². The minimum atomic E-state index is -1.02. The molecule has 19 heavy (non-hydrogen) atoms. The number of ether oxygens (including phenoxy) is 1. The summed E-state index contributed by atoms with van der Waals surface area (Å²) >= 11 is 5.90. The molecule has 1 saturated heterocycles. The van der Waals surface area contributed by atoms with Crippen LogP contribution in [0.15, 0.2) is 18.5 Å². The van der Waals surface area contributed by atoms with Crippen molar-refractivity contribution < 1.29 is 19.4 Å². The van der Waals surface area contributed by atoms with Gasteiger partial charge >= 0.3 is 5.97 Å². The van der Waals surface area contributed by atoms with E-state index in [0.717, 1.165) is 0 Å². The van der Waals surface area contributed by atoms with Crippen molar-refractivity contribution in [3.05, 3.63) is 29.0 Å². The molecule has 0 atom stereocenters. The molecule has 1 fully saturated rings. The zero-order valence-corrected chi connectivity index (χ0v) is 11.1. The Labute approximate surface area is 114 Å². The average Bonchev–Trinajstić information content (AvgIpc) is 2.33. The molecular weight excluding hydrogens is 272 g/mol. The molecule has 0 radical (unpaired) electrons. The maximum absolute atomic E-state index is 12.1. The van der Waals surface area contributed by atoms with E-state index in [9.17, 15) is 9.59 Å². The highest BCUT2D eigenvalue weighted by molar-refractivity contribution is 6.33. The summed E-state index contributed by atoms with van der Waals surface area (Å²) in [6.07, 6.45) is 2.91. The fourth-order valence-corrected chi connectivity index (χ4v) is 2.15. The molecule has 0 unspecified atom stereocenters. The summed E-state index contributed by atoms with van der Waals surface area (Å²) in [5.41, 5.74) is -0.218. The van der Waals surface area contributed by atoms with Crippen LogP contribution in [-0.2, 0) is 9.53 Å². The number of pyridine rings is 1. The van der Waals surface area contributed by atoms with Gasteiger partial charge in [0, 0.05) is 12.4 Å². The smallest absolute Gasteiger partial charge is 0.329 e. The Morgan fingerprint density at radius 2 is 2.26 bits per heavy atom. The van der Waals surface area contributed by atoms with Crippen molar-refractivity contribution in [2.75, 3.05) is 19.7 Å². The first-order valence-electron chi connectivity index (χ1n) is 5.66. The first-order chi connectivity index (χ1) is 8.91. The van der Waals surface area contributed by atoms with E-state index in [2.05, 4.69) is 4.98 Å². The molecule has 1 aromatic rings. The number of likely N-dealkylation sites (tertiary alicyclic amines) is 1. The SMILES string of the molecule is CC1(OCC(=O)O)CN(C(=O)c2ccncc2Cl)C1. The normalized spacial score (nSPS) is 16.8. The molecule has 0 aromatic carbocycles. The maximum atomic E-state index is 12.1. The van der Waals surface area contributed by atoms with E-state index in [1.54, 1.807) is 17.9 Å². The summed E-state index contributed by atoms with van der Waals surface area (Å²) in [4.78, 5) is 27.9. The lowest BCUT2D eigenvalue weighted by Crippen LogP contribution is -2.63. The van der Waals surface area contributed by atoms with E-state index in [4.69, 9.17) is 21.4 Å². The van der Waals surface area contributed by atoms with E-state index in [0.29, 0.717) is 23.7 Å². The summed E-state index contributed by atoms with van der Waals surface area (Å²) in [7, 11) is 0. The quantitative estimate of drug-likeness (QED) is 0.894. The number of carboxylic acids is 1. The first-order valence-corrected chi connectivity index (χ1v) is 6.04. The molecule has 1 N–H and O–H groups in total. The monoisotopic (exact) mass is 284 g/mol. The van der Waals surface area contributed by atoms with Crippen LogP contribution in [0.1, 0.15) is 17.3 Å². The largest absolute Gasteiger partial charge is 0.480 e. The van der Waals surface area contributed by atoms with E-state index < -0.39 is 11.6 Å². The van der Waals surface area contributed by atoms with Crippen LogP contribution >= 0.6 is 11.6 Å². The highest BCUT2D eigenvalue weighted by atomic mass is 35.5. The summed E-state index contributed by atoms with van der Waals surface area (Å²) in [5, 5.41) is 8.85. The van der Waals surface area contributed by atoms with Crippen LogP contribution in [-0.4, -0.2) is 52.2 Å². The van der Waals surface area contributed by atoms with E-state index in [1.165, 1.54) is 12.4 Å². The predicted molar refractivity (Wildman–Crippen MR) is 67.1 cm³/mol.